The number of aryl methyl sites for hydroxylation is 1. The molecule has 0 radical (unpaired) electrons. The van der Waals surface area contributed by atoms with Crippen LogP contribution in [0.3, 0.4) is 0 Å². The van der Waals surface area contributed by atoms with E-state index in [9.17, 15) is 4.39 Å². The minimum atomic E-state index is -0.434. The summed E-state index contributed by atoms with van der Waals surface area (Å²) in [4.78, 5) is 0. The van der Waals surface area contributed by atoms with E-state index in [0.29, 0.717) is 16.5 Å². The third-order valence-corrected chi connectivity index (χ3v) is 2.34. The zero-order chi connectivity index (χ0) is 10.3. The standard InChI is InChI=1S/C10H5ClFNO/c1-5-7-2-6(12)3-8(11)10(7)14-9(5)4-13/h2-3H,1H3. The minimum absolute atomic E-state index is 0.174. The monoisotopic (exact) mass is 209 g/mol. The van der Waals surface area contributed by atoms with Gasteiger partial charge < -0.3 is 4.42 Å². The van der Waals surface area contributed by atoms with E-state index in [4.69, 9.17) is 21.3 Å². The maximum Gasteiger partial charge on any atom is 0.207 e. The summed E-state index contributed by atoms with van der Waals surface area (Å²) >= 11 is 5.76. The highest BCUT2D eigenvalue weighted by Crippen LogP contribution is 2.31. The van der Waals surface area contributed by atoms with Gasteiger partial charge in [0.2, 0.25) is 5.76 Å². The summed E-state index contributed by atoms with van der Waals surface area (Å²) in [5.74, 6) is -0.261. The largest absolute Gasteiger partial charge is 0.444 e. The molecular weight excluding hydrogens is 205 g/mol. The Morgan fingerprint density at radius 2 is 2.21 bits per heavy atom. The summed E-state index contributed by atoms with van der Waals surface area (Å²) in [6.07, 6.45) is 0. The van der Waals surface area contributed by atoms with Crippen LogP contribution in [0.2, 0.25) is 5.02 Å². The third-order valence-electron chi connectivity index (χ3n) is 2.06. The van der Waals surface area contributed by atoms with E-state index >= 15 is 0 Å². The van der Waals surface area contributed by atoms with Crippen molar-refractivity contribution in [2.75, 3.05) is 0 Å². The lowest BCUT2D eigenvalue weighted by Crippen LogP contribution is -1.76. The zero-order valence-corrected chi connectivity index (χ0v) is 8.02. The number of nitriles is 1. The lowest BCUT2D eigenvalue weighted by Gasteiger charge is -1.93. The summed E-state index contributed by atoms with van der Waals surface area (Å²) < 4.78 is 18.2. The fourth-order valence-corrected chi connectivity index (χ4v) is 1.59. The Hall–Kier alpha value is -1.53. The summed E-state index contributed by atoms with van der Waals surface area (Å²) in [5, 5.41) is 9.43. The van der Waals surface area contributed by atoms with Crippen LogP contribution in [0.15, 0.2) is 16.5 Å². The molecule has 70 valence electrons. The fourth-order valence-electron chi connectivity index (χ4n) is 1.35. The molecule has 0 spiro atoms. The van der Waals surface area contributed by atoms with Crippen LogP contribution in [-0.2, 0) is 0 Å². The van der Waals surface area contributed by atoms with Gasteiger partial charge in [-0.05, 0) is 19.1 Å². The van der Waals surface area contributed by atoms with E-state index in [1.54, 1.807) is 6.92 Å². The van der Waals surface area contributed by atoms with Crippen LogP contribution in [0.1, 0.15) is 11.3 Å². The average molecular weight is 210 g/mol. The Morgan fingerprint density at radius 1 is 1.50 bits per heavy atom. The Labute approximate surface area is 84.5 Å². The van der Waals surface area contributed by atoms with Crippen molar-refractivity contribution >= 4 is 22.6 Å². The highest BCUT2D eigenvalue weighted by atomic mass is 35.5. The lowest BCUT2D eigenvalue weighted by atomic mass is 10.1. The van der Waals surface area contributed by atoms with Crippen molar-refractivity contribution in [2.24, 2.45) is 0 Å². The van der Waals surface area contributed by atoms with Gasteiger partial charge in [-0.2, -0.15) is 5.26 Å². The molecule has 0 atom stereocenters. The Balaban J connectivity index is 2.94. The molecule has 1 aromatic heterocycles. The van der Waals surface area contributed by atoms with Crippen LogP contribution in [0.4, 0.5) is 4.39 Å². The van der Waals surface area contributed by atoms with Gasteiger partial charge in [0.15, 0.2) is 5.58 Å². The van der Waals surface area contributed by atoms with Crippen LogP contribution in [0, 0.1) is 24.1 Å². The van der Waals surface area contributed by atoms with Crippen molar-refractivity contribution in [1.29, 1.82) is 5.26 Å². The molecule has 14 heavy (non-hydrogen) atoms. The summed E-state index contributed by atoms with van der Waals surface area (Å²) in [6.45, 7) is 1.69. The molecule has 0 aliphatic heterocycles. The van der Waals surface area contributed by atoms with Crippen LogP contribution in [0.5, 0.6) is 0 Å². The van der Waals surface area contributed by atoms with Crippen molar-refractivity contribution in [1.82, 2.24) is 0 Å². The molecule has 0 saturated carbocycles. The van der Waals surface area contributed by atoms with Crippen LogP contribution < -0.4 is 0 Å². The number of nitrogens with zero attached hydrogens (tertiary/aromatic N) is 1. The molecule has 1 heterocycles. The average Bonchev–Trinajstić information content (AvgIpc) is 2.44. The van der Waals surface area contributed by atoms with Gasteiger partial charge in [-0.3, -0.25) is 0 Å². The Kier molecular flexibility index (Phi) is 1.94. The molecule has 2 rings (SSSR count). The van der Waals surface area contributed by atoms with Gasteiger partial charge in [-0.1, -0.05) is 11.6 Å². The SMILES string of the molecule is Cc1c(C#N)oc2c(Cl)cc(F)cc12. The molecule has 0 saturated heterocycles. The predicted molar refractivity (Wildman–Crippen MR) is 50.6 cm³/mol. The van der Waals surface area contributed by atoms with Gasteiger partial charge in [0.25, 0.3) is 0 Å². The molecule has 2 aromatic rings. The van der Waals surface area contributed by atoms with Gasteiger partial charge in [0, 0.05) is 10.9 Å². The van der Waals surface area contributed by atoms with Crippen molar-refractivity contribution in [3.63, 3.8) is 0 Å². The second-order valence-corrected chi connectivity index (χ2v) is 3.34. The van der Waals surface area contributed by atoms with E-state index in [1.807, 2.05) is 6.07 Å². The molecule has 0 fully saturated rings. The second kappa shape index (κ2) is 3.00. The van der Waals surface area contributed by atoms with Gasteiger partial charge in [0.1, 0.15) is 11.9 Å². The Bertz CT molecular complexity index is 553. The molecule has 0 unspecified atom stereocenters. The van der Waals surface area contributed by atoms with Crippen molar-refractivity contribution < 1.29 is 8.81 Å². The summed E-state index contributed by atoms with van der Waals surface area (Å²) in [6, 6.07) is 4.35. The van der Waals surface area contributed by atoms with Crippen LogP contribution >= 0.6 is 11.6 Å². The quantitative estimate of drug-likeness (QED) is 0.667. The summed E-state index contributed by atoms with van der Waals surface area (Å²) in [5.41, 5.74) is 0.978. The maximum atomic E-state index is 13.0. The first-order valence-electron chi connectivity index (χ1n) is 3.91. The number of benzene rings is 1. The normalized spacial score (nSPS) is 10.4. The van der Waals surface area contributed by atoms with E-state index in [-0.39, 0.29) is 10.8 Å². The number of halogens is 2. The number of hydrogen-bond acceptors (Lipinski definition) is 2. The van der Waals surface area contributed by atoms with Crippen molar-refractivity contribution in [3.8, 4) is 6.07 Å². The lowest BCUT2D eigenvalue weighted by molar-refractivity contribution is 0.593. The topological polar surface area (TPSA) is 36.9 Å². The van der Waals surface area contributed by atoms with E-state index in [2.05, 4.69) is 0 Å². The molecule has 0 amide bonds. The van der Waals surface area contributed by atoms with Crippen LogP contribution in [0.25, 0.3) is 11.0 Å². The van der Waals surface area contributed by atoms with Gasteiger partial charge in [0.05, 0.1) is 5.02 Å². The number of fused-ring (bicyclic) bond motifs is 1. The molecule has 1 aromatic carbocycles. The van der Waals surface area contributed by atoms with E-state index in [0.717, 1.165) is 6.07 Å². The number of furan rings is 1. The predicted octanol–water partition coefficient (Wildman–Crippen LogP) is 3.41. The molecule has 0 aliphatic rings. The molecular formula is C10H5ClFNO. The smallest absolute Gasteiger partial charge is 0.207 e. The Morgan fingerprint density at radius 3 is 2.86 bits per heavy atom. The highest BCUT2D eigenvalue weighted by Gasteiger charge is 2.13. The number of rotatable bonds is 0. The first-order valence-corrected chi connectivity index (χ1v) is 4.29. The fraction of sp³-hybridized carbons (Fsp3) is 0.100. The first kappa shape index (κ1) is 9.04. The first-order chi connectivity index (χ1) is 6.63. The molecule has 0 bridgehead atoms. The molecule has 0 N–H and O–H groups in total. The third kappa shape index (κ3) is 1.16. The van der Waals surface area contributed by atoms with Crippen molar-refractivity contribution in [2.45, 2.75) is 6.92 Å². The molecule has 2 nitrogen and oxygen atoms in total. The van der Waals surface area contributed by atoms with E-state index < -0.39 is 5.82 Å². The van der Waals surface area contributed by atoms with Gasteiger partial charge in [-0.15, -0.1) is 0 Å². The molecule has 0 aliphatic carbocycles. The zero-order valence-electron chi connectivity index (χ0n) is 7.27. The highest BCUT2D eigenvalue weighted by molar-refractivity contribution is 6.34. The second-order valence-electron chi connectivity index (χ2n) is 2.93. The minimum Gasteiger partial charge on any atom is -0.444 e. The summed E-state index contributed by atoms with van der Waals surface area (Å²) in [7, 11) is 0. The molecule has 4 heteroatoms. The van der Waals surface area contributed by atoms with Crippen LogP contribution in [-0.4, -0.2) is 0 Å². The maximum absolute atomic E-state index is 13.0. The van der Waals surface area contributed by atoms with Gasteiger partial charge in [-0.25, -0.2) is 4.39 Å². The van der Waals surface area contributed by atoms with Crippen molar-refractivity contribution in [3.05, 3.63) is 34.3 Å². The number of hydrogen-bond donors (Lipinski definition) is 0. The van der Waals surface area contributed by atoms with Gasteiger partial charge >= 0.3 is 0 Å². The van der Waals surface area contributed by atoms with E-state index in [1.165, 1.54) is 6.07 Å².